The second-order valence-electron chi connectivity index (χ2n) is 5.35. The lowest BCUT2D eigenvalue weighted by molar-refractivity contribution is 0.545. The highest BCUT2D eigenvalue weighted by molar-refractivity contribution is 6.29. The summed E-state index contributed by atoms with van der Waals surface area (Å²) in [5.74, 6) is 1.48. The summed E-state index contributed by atoms with van der Waals surface area (Å²) in [5, 5.41) is 7.84. The van der Waals surface area contributed by atoms with Crippen LogP contribution >= 0.6 is 11.6 Å². The fourth-order valence-electron chi connectivity index (χ4n) is 1.57. The Bertz CT molecular complexity index is 530. The zero-order chi connectivity index (χ0) is 13.9. The van der Waals surface area contributed by atoms with Gasteiger partial charge in [0.1, 0.15) is 16.8 Å². The number of hydrogen-bond donors (Lipinski definition) is 1. The minimum atomic E-state index is -0.122. The molecule has 0 radical (unpaired) electrons. The summed E-state index contributed by atoms with van der Waals surface area (Å²) in [7, 11) is 0. The predicted octanol–water partition coefficient (Wildman–Crippen LogP) is 2.74. The van der Waals surface area contributed by atoms with E-state index in [0.29, 0.717) is 5.15 Å². The second kappa shape index (κ2) is 5.57. The van der Waals surface area contributed by atoms with Crippen LogP contribution in [0.1, 0.15) is 26.6 Å². The largest absolute Gasteiger partial charge is 0.368 e. The fraction of sp³-hybridized carbons (Fsp3) is 0.462. The van der Waals surface area contributed by atoms with Crippen LogP contribution in [0.5, 0.6) is 0 Å². The van der Waals surface area contributed by atoms with Crippen LogP contribution in [0.2, 0.25) is 5.15 Å². The number of nitrogens with zero attached hydrogens (tertiary/aromatic N) is 4. The monoisotopic (exact) mass is 279 g/mol. The number of nitrogens with one attached hydrogen (secondary N) is 1. The van der Waals surface area contributed by atoms with Crippen LogP contribution < -0.4 is 5.32 Å². The summed E-state index contributed by atoms with van der Waals surface area (Å²) in [6.07, 6.45) is 3.69. The molecule has 0 amide bonds. The summed E-state index contributed by atoms with van der Waals surface area (Å²) in [4.78, 5) is 8.75. The molecule has 19 heavy (non-hydrogen) atoms. The molecule has 0 aliphatic carbocycles. The Kier molecular flexibility index (Phi) is 4.04. The Morgan fingerprint density at radius 2 is 2.11 bits per heavy atom. The van der Waals surface area contributed by atoms with E-state index in [1.165, 1.54) is 0 Å². The molecule has 0 saturated carbocycles. The minimum Gasteiger partial charge on any atom is -0.368 e. The third-order valence-corrected chi connectivity index (χ3v) is 2.77. The van der Waals surface area contributed by atoms with Gasteiger partial charge in [0.2, 0.25) is 0 Å². The van der Waals surface area contributed by atoms with E-state index in [4.69, 9.17) is 11.6 Å². The van der Waals surface area contributed by atoms with Crippen LogP contribution in [-0.2, 0) is 12.0 Å². The summed E-state index contributed by atoms with van der Waals surface area (Å²) < 4.78 is 1.86. The van der Waals surface area contributed by atoms with Crippen LogP contribution in [0.3, 0.4) is 0 Å². The quantitative estimate of drug-likeness (QED) is 0.875. The third kappa shape index (κ3) is 3.92. The molecule has 5 nitrogen and oxygen atoms in total. The summed E-state index contributed by atoms with van der Waals surface area (Å²) in [5.41, 5.74) is -0.122. The molecule has 1 N–H and O–H groups in total. The molecule has 0 aliphatic rings. The molecule has 2 aromatic rings. The van der Waals surface area contributed by atoms with Crippen molar-refractivity contribution in [2.75, 3.05) is 11.9 Å². The highest BCUT2D eigenvalue weighted by Gasteiger charge is 2.18. The van der Waals surface area contributed by atoms with Gasteiger partial charge in [0.25, 0.3) is 0 Å². The molecule has 0 fully saturated rings. The average Bonchev–Trinajstić information content (AvgIpc) is 2.80. The fourth-order valence-corrected chi connectivity index (χ4v) is 1.76. The van der Waals surface area contributed by atoms with Gasteiger partial charge in [-0.25, -0.2) is 9.97 Å². The first-order chi connectivity index (χ1) is 8.95. The molecule has 6 heteroatoms. The number of aromatic nitrogens is 4. The lowest BCUT2D eigenvalue weighted by Gasteiger charge is -2.17. The molecule has 2 heterocycles. The van der Waals surface area contributed by atoms with E-state index in [1.807, 2.05) is 16.9 Å². The first-order valence-electron chi connectivity index (χ1n) is 6.21. The lowest BCUT2D eigenvalue weighted by Crippen LogP contribution is -2.18. The van der Waals surface area contributed by atoms with Gasteiger partial charge in [-0.05, 0) is 6.07 Å². The molecule has 2 rings (SSSR count). The number of anilines is 1. The van der Waals surface area contributed by atoms with Crippen molar-refractivity contribution in [1.29, 1.82) is 0 Å². The van der Waals surface area contributed by atoms with Crippen molar-refractivity contribution in [3.63, 3.8) is 0 Å². The van der Waals surface area contributed by atoms with Gasteiger partial charge in [-0.2, -0.15) is 5.10 Å². The normalized spacial score (nSPS) is 11.6. The zero-order valence-corrected chi connectivity index (χ0v) is 12.1. The Morgan fingerprint density at radius 1 is 1.32 bits per heavy atom. The van der Waals surface area contributed by atoms with E-state index in [0.717, 1.165) is 24.7 Å². The molecule has 2 aromatic heterocycles. The summed E-state index contributed by atoms with van der Waals surface area (Å²) >= 11 is 6.03. The molecule has 0 aromatic carbocycles. The first kappa shape index (κ1) is 13.8. The van der Waals surface area contributed by atoms with Gasteiger partial charge in [-0.3, -0.25) is 4.68 Å². The van der Waals surface area contributed by atoms with Crippen LogP contribution in [0.25, 0.3) is 0 Å². The van der Waals surface area contributed by atoms with Gasteiger partial charge in [0.05, 0.1) is 6.54 Å². The van der Waals surface area contributed by atoms with Gasteiger partial charge < -0.3 is 5.32 Å². The van der Waals surface area contributed by atoms with E-state index < -0.39 is 0 Å². The van der Waals surface area contributed by atoms with Crippen LogP contribution in [0.4, 0.5) is 5.82 Å². The standard InChI is InChI=1S/C13H18ClN5/c1-13(2,3)12-17-10(14)9-11(18-12)15-6-8-19-7-4-5-16-19/h4-5,7,9H,6,8H2,1-3H3,(H,15,17,18). The van der Waals surface area contributed by atoms with Gasteiger partial charge in [-0.15, -0.1) is 0 Å². The zero-order valence-electron chi connectivity index (χ0n) is 11.4. The maximum Gasteiger partial charge on any atom is 0.137 e. The van der Waals surface area contributed by atoms with Crippen molar-refractivity contribution in [3.05, 3.63) is 35.5 Å². The van der Waals surface area contributed by atoms with Gasteiger partial charge in [-0.1, -0.05) is 32.4 Å². The maximum absolute atomic E-state index is 6.03. The van der Waals surface area contributed by atoms with E-state index in [1.54, 1.807) is 12.3 Å². The summed E-state index contributed by atoms with van der Waals surface area (Å²) in [6.45, 7) is 7.70. The number of hydrogen-bond acceptors (Lipinski definition) is 4. The Balaban J connectivity index is 2.02. The first-order valence-corrected chi connectivity index (χ1v) is 6.59. The topological polar surface area (TPSA) is 55.6 Å². The molecule has 0 saturated heterocycles. The molecule has 102 valence electrons. The minimum absolute atomic E-state index is 0.122. The SMILES string of the molecule is CC(C)(C)c1nc(Cl)cc(NCCn2cccn2)n1. The maximum atomic E-state index is 6.03. The molecule has 0 bridgehead atoms. The van der Waals surface area contributed by atoms with Gasteiger partial charge >= 0.3 is 0 Å². The third-order valence-electron chi connectivity index (χ3n) is 2.57. The van der Waals surface area contributed by atoms with E-state index in [-0.39, 0.29) is 5.41 Å². The van der Waals surface area contributed by atoms with Gasteiger partial charge in [0.15, 0.2) is 0 Å². The van der Waals surface area contributed by atoms with Crippen LogP contribution in [0, 0.1) is 0 Å². The van der Waals surface area contributed by atoms with Crippen molar-refractivity contribution >= 4 is 17.4 Å². The van der Waals surface area contributed by atoms with Gasteiger partial charge in [0, 0.05) is 30.4 Å². The molecule has 0 aliphatic heterocycles. The van der Waals surface area contributed by atoms with Crippen LogP contribution in [0.15, 0.2) is 24.5 Å². The Labute approximate surface area is 118 Å². The Hall–Kier alpha value is -1.62. The highest BCUT2D eigenvalue weighted by Crippen LogP contribution is 2.22. The molecule has 0 unspecified atom stereocenters. The smallest absolute Gasteiger partial charge is 0.137 e. The van der Waals surface area contributed by atoms with Crippen molar-refractivity contribution < 1.29 is 0 Å². The Morgan fingerprint density at radius 3 is 2.74 bits per heavy atom. The molecule has 0 atom stereocenters. The van der Waals surface area contributed by atoms with Crippen molar-refractivity contribution in [2.45, 2.75) is 32.7 Å². The number of rotatable bonds is 4. The van der Waals surface area contributed by atoms with E-state index in [2.05, 4.69) is 41.2 Å². The lowest BCUT2D eigenvalue weighted by atomic mass is 9.96. The predicted molar refractivity (Wildman–Crippen MR) is 76.5 cm³/mol. The highest BCUT2D eigenvalue weighted by atomic mass is 35.5. The molecule has 0 spiro atoms. The molecular weight excluding hydrogens is 262 g/mol. The van der Waals surface area contributed by atoms with Crippen LogP contribution in [-0.4, -0.2) is 26.3 Å². The average molecular weight is 280 g/mol. The van der Waals surface area contributed by atoms with Crippen molar-refractivity contribution in [1.82, 2.24) is 19.7 Å². The molecular formula is C13H18ClN5. The van der Waals surface area contributed by atoms with Crippen molar-refractivity contribution in [3.8, 4) is 0 Å². The van der Waals surface area contributed by atoms with E-state index in [9.17, 15) is 0 Å². The number of halogens is 1. The van der Waals surface area contributed by atoms with Crippen molar-refractivity contribution in [2.24, 2.45) is 0 Å². The summed E-state index contributed by atoms with van der Waals surface area (Å²) in [6, 6.07) is 3.64. The second-order valence-corrected chi connectivity index (χ2v) is 5.73. The van der Waals surface area contributed by atoms with E-state index >= 15 is 0 Å².